The highest BCUT2D eigenvalue weighted by Gasteiger charge is 2.58. The zero-order valence-electron chi connectivity index (χ0n) is 23.5. The van der Waals surface area contributed by atoms with Crippen molar-refractivity contribution in [3.05, 3.63) is 23.5 Å². The molecule has 0 nitrogen and oxygen atoms in total. The van der Waals surface area contributed by atoms with Crippen LogP contribution in [0.1, 0.15) is 106 Å². The van der Waals surface area contributed by atoms with E-state index in [1.54, 1.807) is 64.2 Å². The second-order valence-corrected chi connectivity index (χ2v) is 22.9. The summed E-state index contributed by atoms with van der Waals surface area (Å²) in [5, 5.41) is 2.84. The van der Waals surface area contributed by atoms with Crippen LogP contribution in [0.15, 0.2) is 23.5 Å². The monoisotopic (exact) mass is 510 g/mol. The first kappa shape index (κ1) is 24.4. The predicted octanol–water partition coefficient (Wildman–Crippen LogP) is 10.0. The maximum Gasteiger partial charge on any atom is 0.0238 e. The van der Waals surface area contributed by atoms with Crippen LogP contribution < -0.4 is 0 Å². The molecule has 0 aliphatic heterocycles. The lowest BCUT2D eigenvalue weighted by molar-refractivity contribution is 0.0134. The highest BCUT2D eigenvalue weighted by molar-refractivity contribution is 7.68. The van der Waals surface area contributed by atoms with Crippen LogP contribution >= 0.6 is 15.8 Å². The molecule has 8 bridgehead atoms. The van der Waals surface area contributed by atoms with E-state index in [2.05, 4.69) is 59.8 Å². The zero-order chi connectivity index (χ0) is 24.3. The van der Waals surface area contributed by atoms with Gasteiger partial charge in [-0.25, -0.2) is 0 Å². The van der Waals surface area contributed by atoms with Gasteiger partial charge in [0.2, 0.25) is 0 Å². The van der Waals surface area contributed by atoms with Crippen LogP contribution in [0.3, 0.4) is 0 Å². The van der Waals surface area contributed by atoms with Gasteiger partial charge in [-0.2, -0.15) is 0 Å². The summed E-state index contributed by atoms with van der Waals surface area (Å²) >= 11 is 0. The van der Waals surface area contributed by atoms with Gasteiger partial charge in [-0.05, 0) is 138 Å². The van der Waals surface area contributed by atoms with Crippen molar-refractivity contribution < 1.29 is 0 Å². The summed E-state index contributed by atoms with van der Waals surface area (Å²) in [5.41, 5.74) is 2.93. The third-order valence-corrected chi connectivity index (χ3v) is 20.0. The normalized spacial score (nSPS) is 48.8. The standard InChI is InChI=1S/C33H52P2/c1-32(2,3)35(33(4,5)6)29-9-7-8-28(29)34(30-24-12-20-10-21(14-24)15-25(30)13-20)31-26-16-22-11-23(18-26)19-27(31)17-22/h7-9,20-27,29-31H,10-19H2,1-6H3. The second kappa shape index (κ2) is 8.42. The summed E-state index contributed by atoms with van der Waals surface area (Å²) in [7, 11) is -0.139. The van der Waals surface area contributed by atoms with Gasteiger partial charge in [0.25, 0.3) is 0 Å². The Balaban J connectivity index is 1.30. The third-order valence-electron chi connectivity index (χ3n) is 11.9. The first-order valence-corrected chi connectivity index (χ1v) is 18.4. The Labute approximate surface area is 219 Å². The minimum absolute atomic E-state index is 0.0129. The predicted molar refractivity (Wildman–Crippen MR) is 156 cm³/mol. The van der Waals surface area contributed by atoms with E-state index in [-0.39, 0.29) is 15.8 Å². The third kappa shape index (κ3) is 4.04. The van der Waals surface area contributed by atoms with Crippen molar-refractivity contribution in [2.75, 3.05) is 0 Å². The first-order valence-electron chi connectivity index (χ1n) is 15.5. The van der Waals surface area contributed by atoms with Crippen LogP contribution in [-0.4, -0.2) is 27.3 Å². The lowest BCUT2D eigenvalue weighted by Gasteiger charge is -2.63. The molecule has 35 heavy (non-hydrogen) atoms. The average molecular weight is 511 g/mol. The molecule has 0 aromatic heterocycles. The molecule has 0 N–H and O–H groups in total. The molecule has 0 saturated heterocycles. The molecular formula is C33H52P2. The number of hydrogen-bond donors (Lipinski definition) is 0. The number of rotatable bonds is 4. The molecule has 0 amide bonds. The fourth-order valence-electron chi connectivity index (χ4n) is 12.0. The van der Waals surface area contributed by atoms with Gasteiger partial charge in [0.1, 0.15) is 0 Å². The van der Waals surface area contributed by atoms with Crippen molar-refractivity contribution >= 4 is 15.8 Å². The topological polar surface area (TPSA) is 0 Å². The quantitative estimate of drug-likeness (QED) is 0.330. The lowest BCUT2D eigenvalue weighted by Crippen LogP contribution is -2.53. The molecule has 9 aliphatic carbocycles. The summed E-state index contributed by atoms with van der Waals surface area (Å²) in [4.78, 5) is 0. The van der Waals surface area contributed by atoms with E-state index in [0.29, 0.717) is 10.3 Å². The Morgan fingerprint density at radius 3 is 1.29 bits per heavy atom. The molecule has 0 aromatic rings. The smallest absolute Gasteiger partial charge is 0.0238 e. The fourth-order valence-corrected chi connectivity index (χ4v) is 21.6. The van der Waals surface area contributed by atoms with Crippen molar-refractivity contribution in [1.29, 1.82) is 0 Å². The SMILES string of the molecule is CC(C)(C)P(C1C=CC=C1P(C1C2CC3CC(C2)CC1C3)C1C2CC3CC(C2)CC1C3)C(C)(C)C. The van der Waals surface area contributed by atoms with Crippen LogP contribution in [-0.2, 0) is 0 Å². The van der Waals surface area contributed by atoms with Crippen LogP contribution in [0.5, 0.6) is 0 Å². The van der Waals surface area contributed by atoms with Crippen molar-refractivity contribution in [3.63, 3.8) is 0 Å². The van der Waals surface area contributed by atoms with E-state index < -0.39 is 0 Å². The minimum atomic E-state index is -0.126. The largest absolute Gasteiger partial charge is 0.0839 e. The lowest BCUT2D eigenvalue weighted by atomic mass is 9.55. The molecule has 0 heterocycles. The maximum atomic E-state index is 2.75. The Kier molecular flexibility index (Phi) is 5.86. The van der Waals surface area contributed by atoms with E-state index in [9.17, 15) is 0 Å². The summed E-state index contributed by atoms with van der Waals surface area (Å²) < 4.78 is 0. The van der Waals surface area contributed by atoms with Crippen LogP contribution in [0.4, 0.5) is 0 Å². The molecule has 0 spiro atoms. The molecule has 8 saturated carbocycles. The molecule has 1 unspecified atom stereocenters. The van der Waals surface area contributed by atoms with E-state index in [0.717, 1.165) is 64.3 Å². The van der Waals surface area contributed by atoms with Gasteiger partial charge in [0.05, 0.1) is 0 Å². The van der Waals surface area contributed by atoms with Gasteiger partial charge >= 0.3 is 0 Å². The van der Waals surface area contributed by atoms with Gasteiger partial charge in [-0.3, -0.25) is 0 Å². The minimum Gasteiger partial charge on any atom is -0.0839 e. The van der Waals surface area contributed by atoms with Crippen LogP contribution in [0, 0.1) is 47.3 Å². The van der Waals surface area contributed by atoms with Crippen molar-refractivity contribution in [2.24, 2.45) is 47.3 Å². The summed E-state index contributed by atoms with van der Waals surface area (Å²) in [6.07, 6.45) is 24.1. The van der Waals surface area contributed by atoms with E-state index in [4.69, 9.17) is 0 Å². The molecule has 9 aliphatic rings. The van der Waals surface area contributed by atoms with E-state index in [1.807, 2.05) is 5.31 Å². The molecule has 8 fully saturated rings. The van der Waals surface area contributed by atoms with E-state index in [1.165, 1.54) is 0 Å². The van der Waals surface area contributed by atoms with Crippen molar-refractivity contribution in [2.45, 2.75) is 133 Å². The molecular weight excluding hydrogens is 458 g/mol. The Morgan fingerprint density at radius 2 is 0.943 bits per heavy atom. The van der Waals surface area contributed by atoms with Gasteiger partial charge < -0.3 is 0 Å². The first-order chi connectivity index (χ1) is 16.6. The number of allylic oxidation sites excluding steroid dienone is 4. The van der Waals surface area contributed by atoms with Crippen molar-refractivity contribution in [3.8, 4) is 0 Å². The second-order valence-electron chi connectivity index (χ2n) is 16.4. The molecule has 2 heteroatoms. The van der Waals surface area contributed by atoms with Crippen LogP contribution in [0.25, 0.3) is 0 Å². The Morgan fingerprint density at radius 1 is 0.571 bits per heavy atom. The molecule has 0 aromatic carbocycles. The number of hydrogen-bond acceptors (Lipinski definition) is 0. The summed E-state index contributed by atoms with van der Waals surface area (Å²) in [5.74, 6) is 8.79. The maximum absolute atomic E-state index is 2.75. The Hall–Kier alpha value is 0.340. The van der Waals surface area contributed by atoms with Gasteiger partial charge in [0.15, 0.2) is 0 Å². The van der Waals surface area contributed by atoms with Crippen molar-refractivity contribution in [1.82, 2.24) is 0 Å². The van der Waals surface area contributed by atoms with Crippen LogP contribution in [0.2, 0.25) is 0 Å². The van der Waals surface area contributed by atoms with Gasteiger partial charge in [0, 0.05) is 5.66 Å². The Bertz CT molecular complexity index is 785. The molecule has 194 valence electrons. The average Bonchev–Trinajstić information content (AvgIpc) is 3.16. The summed E-state index contributed by atoms with van der Waals surface area (Å²) in [6.45, 7) is 15.4. The fraction of sp³-hybridized carbons (Fsp3) is 0.879. The highest BCUT2D eigenvalue weighted by atomic mass is 31.1. The van der Waals surface area contributed by atoms with E-state index >= 15 is 0 Å². The van der Waals surface area contributed by atoms with Gasteiger partial charge in [-0.1, -0.05) is 75.6 Å². The molecule has 0 radical (unpaired) electrons. The zero-order valence-corrected chi connectivity index (χ0v) is 25.3. The summed E-state index contributed by atoms with van der Waals surface area (Å²) in [6, 6.07) is 0. The highest BCUT2D eigenvalue weighted by Crippen LogP contribution is 2.77. The molecule has 9 rings (SSSR count). The molecule has 1 atom stereocenters. The van der Waals surface area contributed by atoms with Gasteiger partial charge in [-0.15, -0.1) is 0 Å².